The van der Waals surface area contributed by atoms with Gasteiger partial charge in [0.05, 0.1) is 5.56 Å². The molecule has 0 heterocycles. The summed E-state index contributed by atoms with van der Waals surface area (Å²) in [7, 11) is 2.89. The first-order valence-corrected chi connectivity index (χ1v) is 8.83. The molecule has 0 atom stereocenters. The van der Waals surface area contributed by atoms with Gasteiger partial charge in [-0.25, -0.2) is 4.39 Å². The van der Waals surface area contributed by atoms with Gasteiger partial charge in [0.15, 0.2) is 5.71 Å². The maximum Gasteiger partial charge on any atom is 0.273 e. The van der Waals surface area contributed by atoms with Crippen molar-refractivity contribution >= 4 is 17.3 Å². The molecule has 2 aromatic carbocycles. The molecule has 1 amide bonds. The van der Waals surface area contributed by atoms with Crippen LogP contribution in [-0.4, -0.2) is 31.5 Å². The van der Waals surface area contributed by atoms with Crippen LogP contribution < -0.4 is 5.32 Å². The summed E-state index contributed by atoms with van der Waals surface area (Å²) in [5, 5.41) is 10.3. The van der Waals surface area contributed by atoms with E-state index >= 15 is 0 Å². The first-order valence-electron chi connectivity index (χ1n) is 8.83. The zero-order valence-corrected chi connectivity index (χ0v) is 16.7. The molecule has 0 aliphatic heterocycles. The largest absolute Gasteiger partial charge is 0.398 e. The fourth-order valence-electron chi connectivity index (χ4n) is 2.48. The summed E-state index contributed by atoms with van der Waals surface area (Å²) < 4.78 is 13.6. The van der Waals surface area contributed by atoms with E-state index < -0.39 is 5.82 Å². The number of amides is 1. The predicted octanol–water partition coefficient (Wildman–Crippen LogP) is 3.17. The normalized spacial score (nSPS) is 11.3. The first-order chi connectivity index (χ1) is 14.0. The van der Waals surface area contributed by atoms with Crippen LogP contribution in [0, 0.1) is 24.6 Å². The van der Waals surface area contributed by atoms with Crippen molar-refractivity contribution in [3.8, 4) is 11.8 Å². The lowest BCUT2D eigenvalue weighted by Crippen LogP contribution is -2.29. The number of halogens is 1. The second-order valence-electron chi connectivity index (χ2n) is 5.98. The van der Waals surface area contributed by atoms with E-state index in [0.29, 0.717) is 11.3 Å². The number of rotatable bonds is 6. The standard InChI is InChI=1S/C22H22FN3O3/c1-15-8-7-10-18(21(26-28-4)22(27)24-3)19(15)14-29-25-16(2)12-13-17-9-5-6-11-20(17)23/h5-11H,14H2,1-4H3,(H,24,27)/b25-16+,26-21+. The van der Waals surface area contributed by atoms with Gasteiger partial charge in [-0.3, -0.25) is 4.79 Å². The zero-order valence-electron chi connectivity index (χ0n) is 16.7. The summed E-state index contributed by atoms with van der Waals surface area (Å²) in [5.41, 5.74) is 3.04. The van der Waals surface area contributed by atoms with Crippen LogP contribution in [0.2, 0.25) is 0 Å². The van der Waals surface area contributed by atoms with Crippen molar-refractivity contribution in [2.24, 2.45) is 10.3 Å². The van der Waals surface area contributed by atoms with Gasteiger partial charge >= 0.3 is 0 Å². The minimum atomic E-state index is -0.391. The SMILES string of the molecule is CNC(=O)/C(=N/OC)c1cccc(C)c1CO/N=C(\C)C#Cc1ccccc1F. The van der Waals surface area contributed by atoms with Crippen LogP contribution in [-0.2, 0) is 21.1 Å². The Labute approximate surface area is 169 Å². The monoisotopic (exact) mass is 395 g/mol. The number of benzene rings is 2. The van der Waals surface area contributed by atoms with Crippen LogP contribution in [0.3, 0.4) is 0 Å². The van der Waals surface area contributed by atoms with Gasteiger partial charge in [-0.05, 0) is 37.5 Å². The number of carbonyl (C=O) groups excluding carboxylic acids is 1. The molecule has 0 spiro atoms. The first kappa shape index (κ1) is 21.6. The Kier molecular flexibility index (Phi) is 7.92. The molecule has 0 saturated carbocycles. The lowest BCUT2D eigenvalue weighted by Gasteiger charge is -2.12. The third-order valence-corrected chi connectivity index (χ3v) is 3.95. The summed E-state index contributed by atoms with van der Waals surface area (Å²) in [6.45, 7) is 3.65. The van der Waals surface area contributed by atoms with Gasteiger partial charge in [0.1, 0.15) is 25.2 Å². The van der Waals surface area contributed by atoms with E-state index in [4.69, 9.17) is 9.68 Å². The molecule has 0 saturated heterocycles. The average Bonchev–Trinajstić information content (AvgIpc) is 2.72. The predicted molar refractivity (Wildman–Crippen MR) is 110 cm³/mol. The molecule has 2 aromatic rings. The Morgan fingerprint density at radius 2 is 1.93 bits per heavy atom. The Balaban J connectivity index is 2.21. The molecule has 0 aliphatic rings. The number of nitrogens with one attached hydrogen (secondary N) is 1. The molecule has 2 rings (SSSR count). The molecule has 29 heavy (non-hydrogen) atoms. The van der Waals surface area contributed by atoms with E-state index in [1.807, 2.05) is 19.1 Å². The van der Waals surface area contributed by atoms with Crippen LogP contribution in [0.15, 0.2) is 52.8 Å². The van der Waals surface area contributed by atoms with Crippen LogP contribution in [0.1, 0.15) is 29.2 Å². The van der Waals surface area contributed by atoms with E-state index in [1.54, 1.807) is 31.2 Å². The molecule has 150 valence electrons. The zero-order chi connectivity index (χ0) is 21.2. The number of hydrogen-bond donors (Lipinski definition) is 1. The third-order valence-electron chi connectivity index (χ3n) is 3.95. The van der Waals surface area contributed by atoms with Gasteiger partial charge in [0, 0.05) is 18.2 Å². The van der Waals surface area contributed by atoms with Crippen molar-refractivity contribution in [1.29, 1.82) is 0 Å². The van der Waals surface area contributed by atoms with E-state index in [0.717, 1.165) is 11.1 Å². The fraction of sp³-hybridized carbons (Fsp3) is 0.227. The summed E-state index contributed by atoms with van der Waals surface area (Å²) in [6.07, 6.45) is 0. The van der Waals surface area contributed by atoms with Gasteiger partial charge in [0.25, 0.3) is 5.91 Å². The van der Waals surface area contributed by atoms with Gasteiger partial charge < -0.3 is 15.0 Å². The summed E-state index contributed by atoms with van der Waals surface area (Å²) in [4.78, 5) is 22.4. The molecular weight excluding hydrogens is 373 g/mol. The second-order valence-corrected chi connectivity index (χ2v) is 5.98. The molecule has 0 unspecified atom stereocenters. The molecule has 0 bridgehead atoms. The minimum absolute atomic E-state index is 0.0977. The maximum absolute atomic E-state index is 13.6. The Hall–Kier alpha value is -3.66. The van der Waals surface area contributed by atoms with Crippen molar-refractivity contribution in [1.82, 2.24) is 5.32 Å². The van der Waals surface area contributed by atoms with Crippen molar-refractivity contribution in [2.45, 2.75) is 20.5 Å². The lowest BCUT2D eigenvalue weighted by molar-refractivity contribution is -0.114. The van der Waals surface area contributed by atoms with E-state index in [1.165, 1.54) is 20.2 Å². The summed E-state index contributed by atoms with van der Waals surface area (Å²) in [5.74, 6) is 4.70. The van der Waals surface area contributed by atoms with Crippen molar-refractivity contribution in [3.05, 3.63) is 70.5 Å². The molecule has 0 aliphatic carbocycles. The number of likely N-dealkylation sites (N-methyl/N-ethyl adjacent to an activating group) is 1. The molecular formula is C22H22FN3O3. The molecule has 6 nitrogen and oxygen atoms in total. The quantitative estimate of drug-likeness (QED) is 0.464. The van der Waals surface area contributed by atoms with Gasteiger partial charge in [-0.1, -0.05) is 46.6 Å². The Morgan fingerprint density at radius 3 is 2.62 bits per heavy atom. The number of carbonyl (C=O) groups is 1. The molecule has 0 aromatic heterocycles. The van der Waals surface area contributed by atoms with Gasteiger partial charge in [-0.2, -0.15) is 0 Å². The van der Waals surface area contributed by atoms with Crippen LogP contribution in [0.25, 0.3) is 0 Å². The highest BCUT2D eigenvalue weighted by molar-refractivity contribution is 6.45. The number of hydrogen-bond acceptors (Lipinski definition) is 5. The number of aryl methyl sites for hydroxylation is 1. The number of oxime groups is 2. The third kappa shape index (κ3) is 5.91. The van der Waals surface area contributed by atoms with Crippen LogP contribution in [0.5, 0.6) is 0 Å². The smallest absolute Gasteiger partial charge is 0.273 e. The average molecular weight is 395 g/mol. The number of nitrogens with zero attached hydrogens (tertiary/aromatic N) is 2. The summed E-state index contributed by atoms with van der Waals surface area (Å²) in [6, 6.07) is 11.7. The molecule has 0 fully saturated rings. The van der Waals surface area contributed by atoms with Crippen molar-refractivity contribution in [3.63, 3.8) is 0 Å². The highest BCUT2D eigenvalue weighted by Crippen LogP contribution is 2.17. The van der Waals surface area contributed by atoms with Gasteiger partial charge in [0.2, 0.25) is 0 Å². The van der Waals surface area contributed by atoms with E-state index in [9.17, 15) is 9.18 Å². The van der Waals surface area contributed by atoms with Crippen molar-refractivity contribution < 1.29 is 18.9 Å². The topological polar surface area (TPSA) is 72.3 Å². The van der Waals surface area contributed by atoms with Gasteiger partial charge in [-0.15, -0.1) is 0 Å². The summed E-state index contributed by atoms with van der Waals surface area (Å²) >= 11 is 0. The molecule has 0 radical (unpaired) electrons. The molecule has 1 N–H and O–H groups in total. The van der Waals surface area contributed by atoms with Crippen molar-refractivity contribution in [2.75, 3.05) is 14.2 Å². The highest BCUT2D eigenvalue weighted by Gasteiger charge is 2.19. The molecule has 7 heteroatoms. The highest BCUT2D eigenvalue weighted by atomic mass is 19.1. The fourth-order valence-corrected chi connectivity index (χ4v) is 2.48. The minimum Gasteiger partial charge on any atom is -0.398 e. The van der Waals surface area contributed by atoms with Crippen LogP contribution in [0.4, 0.5) is 4.39 Å². The van der Waals surface area contributed by atoms with Crippen LogP contribution >= 0.6 is 0 Å². The van der Waals surface area contributed by atoms with E-state index in [-0.39, 0.29) is 23.8 Å². The Bertz CT molecular complexity index is 1000. The maximum atomic E-state index is 13.6. The Morgan fingerprint density at radius 1 is 1.17 bits per heavy atom. The second kappa shape index (κ2) is 10.6. The lowest BCUT2D eigenvalue weighted by atomic mass is 9.98. The van der Waals surface area contributed by atoms with E-state index in [2.05, 4.69) is 27.5 Å².